The number of ketones is 1. The van der Waals surface area contributed by atoms with Crippen LogP contribution in [0.5, 0.6) is 0 Å². The molecule has 6 heteroatoms. The molecule has 0 fully saturated rings. The highest BCUT2D eigenvalue weighted by atomic mass is 32.2. The first-order valence-corrected chi connectivity index (χ1v) is 9.19. The van der Waals surface area contributed by atoms with Crippen LogP contribution < -0.4 is 0 Å². The van der Waals surface area contributed by atoms with Crippen molar-refractivity contribution >= 4 is 17.5 Å². The molecule has 0 bridgehead atoms. The molecule has 0 saturated heterocycles. The number of benzene rings is 2. The summed E-state index contributed by atoms with van der Waals surface area (Å²) in [5, 5.41) is 8.50. The molecule has 0 unspecified atom stereocenters. The van der Waals surface area contributed by atoms with Crippen LogP contribution in [0.1, 0.15) is 28.4 Å². The molecule has 0 radical (unpaired) electrons. The number of nitrogens with zero attached hydrogens (tertiary/aromatic N) is 3. The third kappa shape index (κ3) is 3.55. The summed E-state index contributed by atoms with van der Waals surface area (Å²) in [6.07, 6.45) is 0. The van der Waals surface area contributed by atoms with Crippen LogP contribution in [0.25, 0.3) is 11.4 Å². The summed E-state index contributed by atoms with van der Waals surface area (Å²) in [6, 6.07) is 12.3. The number of hydrogen-bond acceptors (Lipinski definition) is 4. The predicted octanol–water partition coefficient (Wildman–Crippen LogP) is 4.60. The molecule has 1 heterocycles. The van der Waals surface area contributed by atoms with E-state index < -0.39 is 0 Å². The fraction of sp³-hybridized carbons (Fsp3) is 0.250. The van der Waals surface area contributed by atoms with Gasteiger partial charge in [0.1, 0.15) is 5.82 Å². The van der Waals surface area contributed by atoms with E-state index >= 15 is 0 Å². The van der Waals surface area contributed by atoms with E-state index in [0.717, 1.165) is 16.7 Å². The summed E-state index contributed by atoms with van der Waals surface area (Å²) in [7, 11) is 1.78. The first-order chi connectivity index (χ1) is 12.4. The van der Waals surface area contributed by atoms with E-state index in [1.807, 2.05) is 39.0 Å². The monoisotopic (exact) mass is 369 g/mol. The van der Waals surface area contributed by atoms with Crippen LogP contribution in [-0.2, 0) is 7.05 Å². The summed E-state index contributed by atoms with van der Waals surface area (Å²) in [5.74, 6) is 0.141. The van der Waals surface area contributed by atoms with E-state index in [-0.39, 0.29) is 16.9 Å². The van der Waals surface area contributed by atoms with Crippen molar-refractivity contribution in [3.05, 3.63) is 65.0 Å². The number of hydrogen-bond donors (Lipinski definition) is 0. The van der Waals surface area contributed by atoms with Crippen molar-refractivity contribution < 1.29 is 9.18 Å². The Morgan fingerprint density at radius 2 is 1.88 bits per heavy atom. The van der Waals surface area contributed by atoms with Crippen molar-refractivity contribution in [3.8, 4) is 11.4 Å². The Hall–Kier alpha value is -2.47. The zero-order valence-electron chi connectivity index (χ0n) is 15.2. The van der Waals surface area contributed by atoms with Gasteiger partial charge in [-0.2, -0.15) is 0 Å². The minimum Gasteiger partial charge on any atom is -0.305 e. The van der Waals surface area contributed by atoms with Crippen molar-refractivity contribution in [2.75, 3.05) is 0 Å². The zero-order chi connectivity index (χ0) is 18.8. The van der Waals surface area contributed by atoms with Gasteiger partial charge in [-0.25, -0.2) is 4.39 Å². The molecule has 1 atom stereocenters. The van der Waals surface area contributed by atoms with Crippen LogP contribution in [0, 0.1) is 19.7 Å². The summed E-state index contributed by atoms with van der Waals surface area (Å²) in [4.78, 5) is 12.8. The largest absolute Gasteiger partial charge is 0.305 e. The summed E-state index contributed by atoms with van der Waals surface area (Å²) < 4.78 is 15.7. The standard InChI is InChI=1S/C20H20FN3OS/c1-12-9-10-13(2)16(11-12)18(25)14(3)26-20-23-22-19(24(20)4)15-7-5-6-8-17(15)21/h5-11,14H,1-4H3/t14-/m0/s1. The van der Waals surface area contributed by atoms with Gasteiger partial charge in [0.05, 0.1) is 10.8 Å². The van der Waals surface area contributed by atoms with Gasteiger partial charge in [-0.15, -0.1) is 10.2 Å². The van der Waals surface area contributed by atoms with Crippen molar-refractivity contribution in [1.29, 1.82) is 0 Å². The maximum Gasteiger partial charge on any atom is 0.191 e. The average Bonchev–Trinajstić information content (AvgIpc) is 2.97. The first kappa shape index (κ1) is 18.3. The predicted molar refractivity (Wildman–Crippen MR) is 102 cm³/mol. The second-order valence-corrected chi connectivity index (χ2v) is 7.60. The molecule has 0 aliphatic heterocycles. The molecule has 2 aromatic carbocycles. The van der Waals surface area contributed by atoms with Crippen molar-refractivity contribution in [2.45, 2.75) is 31.2 Å². The quantitative estimate of drug-likeness (QED) is 0.487. The summed E-state index contributed by atoms with van der Waals surface area (Å²) >= 11 is 1.33. The maximum atomic E-state index is 14.0. The average molecular weight is 369 g/mol. The Morgan fingerprint density at radius 3 is 2.62 bits per heavy atom. The van der Waals surface area contributed by atoms with Gasteiger partial charge in [0.2, 0.25) is 0 Å². The normalized spacial score (nSPS) is 12.2. The van der Waals surface area contributed by atoms with Gasteiger partial charge in [0.15, 0.2) is 16.8 Å². The van der Waals surface area contributed by atoms with Crippen LogP contribution in [0.3, 0.4) is 0 Å². The van der Waals surface area contributed by atoms with Crippen molar-refractivity contribution in [2.24, 2.45) is 7.05 Å². The van der Waals surface area contributed by atoms with Gasteiger partial charge in [-0.3, -0.25) is 4.79 Å². The minimum absolute atomic E-state index is 0.0478. The van der Waals surface area contributed by atoms with E-state index in [9.17, 15) is 9.18 Å². The summed E-state index contributed by atoms with van der Waals surface area (Å²) in [5.41, 5.74) is 3.12. The second-order valence-electron chi connectivity index (χ2n) is 6.29. The fourth-order valence-electron chi connectivity index (χ4n) is 2.73. The zero-order valence-corrected chi connectivity index (χ0v) is 16.0. The molecule has 0 aliphatic rings. The van der Waals surface area contributed by atoms with Gasteiger partial charge < -0.3 is 4.57 Å². The lowest BCUT2D eigenvalue weighted by molar-refractivity contribution is 0.0993. The molecule has 0 aliphatic carbocycles. The third-order valence-electron chi connectivity index (χ3n) is 4.26. The van der Waals surface area contributed by atoms with Crippen molar-refractivity contribution in [1.82, 2.24) is 14.8 Å². The van der Waals surface area contributed by atoms with Crippen LogP contribution in [0.4, 0.5) is 4.39 Å². The molecule has 0 N–H and O–H groups in total. The maximum absolute atomic E-state index is 14.0. The summed E-state index contributed by atoms with van der Waals surface area (Å²) in [6.45, 7) is 5.76. The molecule has 134 valence electrons. The molecular weight excluding hydrogens is 349 g/mol. The second kappa shape index (κ2) is 7.41. The van der Waals surface area contributed by atoms with Gasteiger partial charge in [-0.05, 0) is 44.5 Å². The van der Waals surface area contributed by atoms with E-state index in [4.69, 9.17) is 0 Å². The lowest BCUT2D eigenvalue weighted by Gasteiger charge is -2.12. The van der Waals surface area contributed by atoms with Gasteiger partial charge in [0.25, 0.3) is 0 Å². The Bertz CT molecular complexity index is 967. The number of carbonyl (C=O) groups excluding carboxylic acids is 1. The Morgan fingerprint density at radius 1 is 1.15 bits per heavy atom. The highest BCUT2D eigenvalue weighted by Crippen LogP contribution is 2.29. The molecule has 26 heavy (non-hydrogen) atoms. The minimum atomic E-state index is -0.348. The third-order valence-corrected chi connectivity index (χ3v) is 5.39. The van der Waals surface area contributed by atoms with Gasteiger partial charge in [0, 0.05) is 12.6 Å². The molecule has 0 saturated carbocycles. The number of carbonyl (C=O) groups is 1. The SMILES string of the molecule is Cc1ccc(C)c(C(=O)[C@H](C)Sc2nnc(-c3ccccc3F)n2C)c1. The number of rotatable bonds is 5. The molecule has 3 aromatic rings. The molecule has 0 amide bonds. The fourth-order valence-corrected chi connectivity index (χ4v) is 3.61. The van der Waals surface area contributed by atoms with Gasteiger partial charge >= 0.3 is 0 Å². The molecule has 1 aromatic heterocycles. The lowest BCUT2D eigenvalue weighted by Crippen LogP contribution is -2.16. The van der Waals surface area contributed by atoms with E-state index in [0.29, 0.717) is 16.5 Å². The Labute approximate surface area is 156 Å². The van der Waals surface area contributed by atoms with Crippen LogP contribution in [0.15, 0.2) is 47.6 Å². The van der Waals surface area contributed by atoms with E-state index in [1.54, 1.807) is 29.8 Å². The number of aryl methyl sites for hydroxylation is 2. The highest BCUT2D eigenvalue weighted by molar-refractivity contribution is 8.00. The van der Waals surface area contributed by atoms with Crippen LogP contribution in [0.2, 0.25) is 0 Å². The van der Waals surface area contributed by atoms with E-state index in [1.165, 1.54) is 17.8 Å². The Kier molecular flexibility index (Phi) is 5.23. The lowest BCUT2D eigenvalue weighted by atomic mass is 10.0. The molecule has 3 rings (SSSR count). The number of Topliss-reactive ketones (excluding diaryl/α,β-unsaturated/α-hetero) is 1. The van der Waals surface area contributed by atoms with Crippen LogP contribution in [-0.4, -0.2) is 25.8 Å². The topological polar surface area (TPSA) is 47.8 Å². The molecular formula is C20H20FN3OS. The number of halogens is 1. The van der Waals surface area contributed by atoms with Crippen LogP contribution >= 0.6 is 11.8 Å². The van der Waals surface area contributed by atoms with Crippen molar-refractivity contribution in [3.63, 3.8) is 0 Å². The van der Waals surface area contributed by atoms with Gasteiger partial charge in [-0.1, -0.05) is 41.6 Å². The molecule has 0 spiro atoms. The number of thioether (sulfide) groups is 1. The highest BCUT2D eigenvalue weighted by Gasteiger charge is 2.22. The Balaban J connectivity index is 1.84. The van der Waals surface area contributed by atoms with E-state index in [2.05, 4.69) is 10.2 Å². The molecule has 4 nitrogen and oxygen atoms in total. The smallest absolute Gasteiger partial charge is 0.191 e. The first-order valence-electron chi connectivity index (χ1n) is 8.31. The number of aromatic nitrogens is 3.